The zero-order valence-electron chi connectivity index (χ0n) is 8.07. The molecule has 1 aromatic rings. The summed E-state index contributed by atoms with van der Waals surface area (Å²) in [6.07, 6.45) is 2.23. The van der Waals surface area contributed by atoms with Crippen LogP contribution in [0.4, 0.5) is 0 Å². The van der Waals surface area contributed by atoms with Gasteiger partial charge in [0.1, 0.15) is 5.75 Å². The van der Waals surface area contributed by atoms with Gasteiger partial charge in [-0.25, -0.2) is 0 Å². The zero-order valence-corrected chi connectivity index (χ0v) is 9.78. The van der Waals surface area contributed by atoms with Crippen LogP contribution in [-0.2, 0) is 6.42 Å². The molecule has 1 unspecified atom stereocenters. The molecule has 2 N–H and O–H groups in total. The lowest BCUT2D eigenvalue weighted by atomic mass is 9.98. The largest absolute Gasteiger partial charge is 0.508 e. The molecule has 0 bridgehead atoms. The Morgan fingerprint density at radius 1 is 1.36 bits per heavy atom. The number of hydrogen-bond acceptors (Lipinski definition) is 2. The summed E-state index contributed by atoms with van der Waals surface area (Å²) in [5.41, 5.74) is 1.08. The van der Waals surface area contributed by atoms with E-state index >= 15 is 0 Å². The van der Waals surface area contributed by atoms with Crippen molar-refractivity contribution in [3.63, 3.8) is 0 Å². The van der Waals surface area contributed by atoms with Gasteiger partial charge >= 0.3 is 0 Å². The average molecular weight is 258 g/mol. The van der Waals surface area contributed by atoms with E-state index in [9.17, 15) is 5.11 Å². The molecule has 0 saturated carbocycles. The number of halogens is 1. The second-order valence-corrected chi connectivity index (χ2v) is 3.69. The molecule has 0 radical (unpaired) electrons. The van der Waals surface area contributed by atoms with Crippen molar-refractivity contribution in [3.05, 3.63) is 29.8 Å². The molecule has 2 rings (SSSR count). The average Bonchev–Trinajstić information content (AvgIpc) is 2.61. The van der Waals surface area contributed by atoms with E-state index < -0.39 is 0 Å². The van der Waals surface area contributed by atoms with Crippen LogP contribution in [0.3, 0.4) is 0 Å². The molecule has 1 aliphatic rings. The minimum atomic E-state index is 0. The van der Waals surface area contributed by atoms with E-state index in [4.69, 9.17) is 0 Å². The third-order valence-corrected chi connectivity index (χ3v) is 2.66. The van der Waals surface area contributed by atoms with E-state index in [2.05, 4.69) is 5.32 Å². The van der Waals surface area contributed by atoms with Gasteiger partial charge in [0.25, 0.3) is 0 Å². The van der Waals surface area contributed by atoms with Gasteiger partial charge < -0.3 is 10.4 Å². The van der Waals surface area contributed by atoms with Crippen molar-refractivity contribution in [2.45, 2.75) is 12.8 Å². The fraction of sp³-hybridized carbons (Fsp3) is 0.455. The number of nitrogens with one attached hydrogen (secondary N) is 1. The van der Waals surface area contributed by atoms with Crippen LogP contribution in [0.25, 0.3) is 0 Å². The van der Waals surface area contributed by atoms with Gasteiger partial charge in [0, 0.05) is 0 Å². The lowest BCUT2D eigenvalue weighted by Gasteiger charge is -2.09. The van der Waals surface area contributed by atoms with Gasteiger partial charge in [-0.1, -0.05) is 18.2 Å². The fourth-order valence-corrected chi connectivity index (χ4v) is 1.88. The van der Waals surface area contributed by atoms with Crippen LogP contribution in [0, 0.1) is 5.92 Å². The number of rotatable bonds is 2. The third kappa shape index (κ3) is 2.72. The van der Waals surface area contributed by atoms with Crippen molar-refractivity contribution < 1.29 is 5.11 Å². The van der Waals surface area contributed by atoms with Crippen molar-refractivity contribution in [2.24, 2.45) is 5.92 Å². The van der Waals surface area contributed by atoms with E-state index in [0.29, 0.717) is 11.7 Å². The molecule has 1 aromatic carbocycles. The van der Waals surface area contributed by atoms with E-state index in [1.54, 1.807) is 6.07 Å². The third-order valence-electron chi connectivity index (χ3n) is 2.66. The minimum absolute atomic E-state index is 0. The first-order valence-electron chi connectivity index (χ1n) is 4.84. The van der Waals surface area contributed by atoms with E-state index in [1.807, 2.05) is 18.2 Å². The fourth-order valence-electron chi connectivity index (χ4n) is 1.88. The predicted octanol–water partition coefficient (Wildman–Crippen LogP) is 2.12. The van der Waals surface area contributed by atoms with Gasteiger partial charge in [-0.05, 0) is 43.5 Å². The molecular weight excluding hydrogens is 242 g/mol. The highest BCUT2D eigenvalue weighted by Crippen LogP contribution is 2.22. The van der Waals surface area contributed by atoms with Crippen LogP contribution in [0.15, 0.2) is 24.3 Å². The lowest BCUT2D eigenvalue weighted by molar-refractivity contribution is 0.459. The molecule has 1 aliphatic heterocycles. The molecule has 0 aromatic heterocycles. The molecule has 3 heteroatoms. The Morgan fingerprint density at radius 2 is 2.14 bits per heavy atom. The van der Waals surface area contributed by atoms with Gasteiger partial charge in [0.15, 0.2) is 0 Å². The normalized spacial score (nSPS) is 20.4. The van der Waals surface area contributed by atoms with Crippen LogP contribution in [0.1, 0.15) is 12.0 Å². The predicted molar refractivity (Wildman–Crippen MR) is 63.1 cm³/mol. The first kappa shape index (κ1) is 11.5. The molecule has 0 amide bonds. The molecule has 1 heterocycles. The Balaban J connectivity index is 0.000000980. The topological polar surface area (TPSA) is 32.3 Å². The summed E-state index contributed by atoms with van der Waals surface area (Å²) in [6, 6.07) is 7.62. The maximum Gasteiger partial charge on any atom is 0.118 e. The van der Waals surface area contributed by atoms with Gasteiger partial charge in [-0.3, -0.25) is 0 Å². The summed E-state index contributed by atoms with van der Waals surface area (Å²) >= 11 is 0. The van der Waals surface area contributed by atoms with Gasteiger partial charge in [-0.2, -0.15) is 0 Å². The van der Waals surface area contributed by atoms with E-state index in [-0.39, 0.29) is 17.0 Å². The van der Waals surface area contributed by atoms with Crippen molar-refractivity contribution in [1.29, 1.82) is 0 Å². The van der Waals surface area contributed by atoms with Crippen LogP contribution in [0.5, 0.6) is 5.75 Å². The first-order valence-corrected chi connectivity index (χ1v) is 4.84. The van der Waals surface area contributed by atoms with Gasteiger partial charge in [-0.15, -0.1) is 17.0 Å². The van der Waals surface area contributed by atoms with Crippen molar-refractivity contribution in [1.82, 2.24) is 5.32 Å². The number of hydrogen-bond donors (Lipinski definition) is 2. The quantitative estimate of drug-likeness (QED) is 0.851. The van der Waals surface area contributed by atoms with Crippen LogP contribution < -0.4 is 5.32 Å². The smallest absolute Gasteiger partial charge is 0.118 e. The molecule has 78 valence electrons. The maximum absolute atomic E-state index is 9.55. The molecule has 0 aliphatic carbocycles. The van der Waals surface area contributed by atoms with Gasteiger partial charge in [0.2, 0.25) is 0 Å². The highest BCUT2D eigenvalue weighted by Gasteiger charge is 2.15. The Labute approximate surface area is 95.1 Å². The first-order chi connectivity index (χ1) is 6.36. The van der Waals surface area contributed by atoms with Gasteiger partial charge in [0.05, 0.1) is 0 Å². The highest BCUT2D eigenvalue weighted by molar-refractivity contribution is 8.93. The summed E-state index contributed by atoms with van der Waals surface area (Å²) in [4.78, 5) is 0. The Bertz CT molecular complexity index is 284. The summed E-state index contributed by atoms with van der Waals surface area (Å²) in [5, 5.41) is 12.9. The second kappa shape index (κ2) is 5.37. The van der Waals surface area contributed by atoms with Crippen LogP contribution in [-0.4, -0.2) is 18.2 Å². The molecular formula is C11H16BrNO. The van der Waals surface area contributed by atoms with Crippen molar-refractivity contribution in [3.8, 4) is 5.75 Å². The monoisotopic (exact) mass is 257 g/mol. The highest BCUT2D eigenvalue weighted by atomic mass is 79.9. The molecule has 14 heavy (non-hydrogen) atoms. The minimum Gasteiger partial charge on any atom is -0.508 e. The summed E-state index contributed by atoms with van der Waals surface area (Å²) < 4.78 is 0. The lowest BCUT2D eigenvalue weighted by Crippen LogP contribution is -2.10. The Kier molecular flexibility index (Phi) is 4.42. The summed E-state index contributed by atoms with van der Waals surface area (Å²) in [6.45, 7) is 2.21. The molecule has 1 fully saturated rings. The molecule has 0 spiro atoms. The summed E-state index contributed by atoms with van der Waals surface area (Å²) in [7, 11) is 0. The van der Waals surface area contributed by atoms with Crippen LogP contribution in [0.2, 0.25) is 0 Å². The number of benzene rings is 1. The Morgan fingerprint density at radius 3 is 2.79 bits per heavy atom. The van der Waals surface area contributed by atoms with Crippen molar-refractivity contribution in [2.75, 3.05) is 13.1 Å². The maximum atomic E-state index is 9.55. The number of phenols is 1. The number of aromatic hydroxyl groups is 1. The SMILES string of the molecule is Br.Oc1ccccc1CC1CCNC1. The zero-order chi connectivity index (χ0) is 9.10. The van der Waals surface area contributed by atoms with Crippen LogP contribution >= 0.6 is 17.0 Å². The summed E-state index contributed by atoms with van der Waals surface area (Å²) in [5.74, 6) is 1.14. The second-order valence-electron chi connectivity index (χ2n) is 3.69. The molecule has 2 nitrogen and oxygen atoms in total. The molecule has 1 atom stereocenters. The van der Waals surface area contributed by atoms with E-state index in [1.165, 1.54) is 6.42 Å². The number of phenolic OH excluding ortho intramolecular Hbond substituents is 1. The Hall–Kier alpha value is -0.540. The van der Waals surface area contributed by atoms with E-state index in [0.717, 1.165) is 25.1 Å². The van der Waals surface area contributed by atoms with Crippen molar-refractivity contribution >= 4 is 17.0 Å². The molecule has 1 saturated heterocycles. The number of para-hydroxylation sites is 1. The standard InChI is InChI=1S/C11H15NO.BrH/c13-11-4-2-1-3-10(11)7-9-5-6-12-8-9;/h1-4,9,12-13H,5-8H2;1H.